The molecule has 0 amide bonds. The first-order valence-corrected chi connectivity index (χ1v) is 10.2. The third-order valence-electron chi connectivity index (χ3n) is 4.89. The lowest BCUT2D eigenvalue weighted by Gasteiger charge is -2.25. The quantitative estimate of drug-likeness (QED) is 0.247. The van der Waals surface area contributed by atoms with E-state index in [-0.39, 0.29) is 0 Å². The fourth-order valence-electron chi connectivity index (χ4n) is 3.33. The molecule has 3 aromatic carbocycles. The molecule has 0 spiro atoms. The van der Waals surface area contributed by atoms with Gasteiger partial charge < -0.3 is 14.4 Å². The smallest absolute Gasteiger partial charge is 0.333 e. The van der Waals surface area contributed by atoms with Gasteiger partial charge >= 0.3 is 5.97 Å². The van der Waals surface area contributed by atoms with E-state index in [1.807, 2.05) is 54.6 Å². The fourth-order valence-corrected chi connectivity index (χ4v) is 3.33. The number of aliphatic carboxylic acids is 1. The molecule has 160 valence electrons. The van der Waals surface area contributed by atoms with E-state index in [0.29, 0.717) is 11.5 Å². The number of hydrogen-bond donors (Lipinski definition) is 1. The Balaban J connectivity index is 1.55. The Morgan fingerprint density at radius 2 is 1.30 bits per heavy atom. The third-order valence-corrected chi connectivity index (χ3v) is 4.89. The average Bonchev–Trinajstić information content (AvgIpc) is 3.31. The topological polar surface area (TPSA) is 58.0 Å². The van der Waals surface area contributed by atoms with E-state index in [4.69, 9.17) is 16.1 Å². The van der Waals surface area contributed by atoms with Gasteiger partial charge in [-0.25, -0.2) is 4.85 Å². The van der Waals surface area contributed by atoms with E-state index in [1.54, 1.807) is 18.2 Å². The van der Waals surface area contributed by atoms with E-state index in [1.165, 1.54) is 6.08 Å². The number of rotatable bonds is 7. The highest BCUT2D eigenvalue weighted by atomic mass is 16.4. The van der Waals surface area contributed by atoms with Crippen LogP contribution in [0.2, 0.25) is 0 Å². The van der Waals surface area contributed by atoms with Crippen molar-refractivity contribution in [1.82, 2.24) is 0 Å². The van der Waals surface area contributed by atoms with Gasteiger partial charge in [0.1, 0.15) is 11.5 Å². The molecule has 1 N–H and O–H groups in total. The van der Waals surface area contributed by atoms with Gasteiger partial charge in [-0.05, 0) is 66.2 Å². The van der Waals surface area contributed by atoms with Crippen molar-refractivity contribution in [3.05, 3.63) is 131 Å². The van der Waals surface area contributed by atoms with Crippen molar-refractivity contribution in [2.45, 2.75) is 0 Å². The molecule has 4 rings (SSSR count). The molecule has 0 fully saturated rings. The molecule has 0 unspecified atom stereocenters. The Morgan fingerprint density at radius 1 is 0.758 bits per heavy atom. The van der Waals surface area contributed by atoms with Crippen LogP contribution in [0.25, 0.3) is 23.1 Å². The van der Waals surface area contributed by atoms with Crippen LogP contribution in [0.4, 0.5) is 17.1 Å². The molecular weight excluding hydrogens is 412 g/mol. The molecule has 1 heterocycles. The van der Waals surface area contributed by atoms with E-state index >= 15 is 0 Å². The zero-order valence-corrected chi connectivity index (χ0v) is 17.6. The van der Waals surface area contributed by atoms with Gasteiger partial charge in [-0.3, -0.25) is 4.79 Å². The SMILES string of the molecule is [C-]#[N+]/C(=C\c1ccc(/C=C/c2ccc(N(c3ccccc3)c3ccccc3)cc2)o1)C(=O)O. The van der Waals surface area contributed by atoms with Gasteiger partial charge in [0, 0.05) is 17.1 Å². The fraction of sp³-hybridized carbons (Fsp3) is 0. The molecule has 5 nitrogen and oxygen atoms in total. The number of carboxylic acids is 1. The summed E-state index contributed by atoms with van der Waals surface area (Å²) in [6.45, 7) is 6.91. The van der Waals surface area contributed by atoms with Crippen LogP contribution in [-0.2, 0) is 4.79 Å². The predicted molar refractivity (Wildman–Crippen MR) is 131 cm³/mol. The summed E-state index contributed by atoms with van der Waals surface area (Å²) >= 11 is 0. The summed E-state index contributed by atoms with van der Waals surface area (Å²) in [7, 11) is 0. The van der Waals surface area contributed by atoms with Gasteiger partial charge in [0.2, 0.25) is 0 Å². The van der Waals surface area contributed by atoms with Gasteiger partial charge in [-0.15, -0.1) is 0 Å². The highest BCUT2D eigenvalue weighted by molar-refractivity contribution is 5.93. The van der Waals surface area contributed by atoms with Crippen LogP contribution in [0, 0.1) is 6.57 Å². The lowest BCUT2D eigenvalue weighted by Crippen LogP contribution is -2.09. The normalized spacial score (nSPS) is 11.3. The van der Waals surface area contributed by atoms with Gasteiger partial charge in [0.25, 0.3) is 5.70 Å². The van der Waals surface area contributed by atoms with Crippen molar-refractivity contribution in [2.24, 2.45) is 0 Å². The van der Waals surface area contributed by atoms with Crippen LogP contribution in [0.1, 0.15) is 17.1 Å². The van der Waals surface area contributed by atoms with E-state index < -0.39 is 11.7 Å². The summed E-state index contributed by atoms with van der Waals surface area (Å²) in [5, 5.41) is 8.96. The number of furan rings is 1. The predicted octanol–water partition coefficient (Wildman–Crippen LogP) is 7.26. The molecule has 0 bridgehead atoms. The lowest BCUT2D eigenvalue weighted by molar-refractivity contribution is -0.132. The highest BCUT2D eigenvalue weighted by Gasteiger charge is 2.11. The molecule has 0 aliphatic carbocycles. The van der Waals surface area contributed by atoms with Crippen molar-refractivity contribution in [3.8, 4) is 0 Å². The van der Waals surface area contributed by atoms with Crippen LogP contribution < -0.4 is 4.90 Å². The maximum atomic E-state index is 11.0. The number of para-hydroxylation sites is 2. The summed E-state index contributed by atoms with van der Waals surface area (Å²) < 4.78 is 5.59. The third kappa shape index (κ3) is 5.27. The molecule has 1 aromatic heterocycles. The zero-order chi connectivity index (χ0) is 23.0. The zero-order valence-electron chi connectivity index (χ0n) is 17.6. The molecular formula is C28H20N2O3. The van der Waals surface area contributed by atoms with Crippen molar-refractivity contribution in [1.29, 1.82) is 0 Å². The molecule has 0 saturated carbocycles. The number of carboxylic acid groups (broad SMARTS) is 1. The second-order valence-electron chi connectivity index (χ2n) is 7.12. The Bertz CT molecular complexity index is 1290. The Hall–Kier alpha value is -4.82. The standard InChI is InChI=1S/C28H20N2O3/c1-29-27(28(31)32)20-26-19-18-25(33-26)17-14-21-12-15-24(16-13-21)30(22-8-4-2-5-9-22)23-10-6-3-7-11-23/h2-20H,(H,31,32)/b17-14+,27-20-. The summed E-state index contributed by atoms with van der Waals surface area (Å²) in [5.41, 5.74) is 3.78. The lowest BCUT2D eigenvalue weighted by atomic mass is 10.1. The first-order valence-electron chi connectivity index (χ1n) is 10.2. The number of carbonyl (C=O) groups is 1. The van der Waals surface area contributed by atoms with Crippen LogP contribution in [0.5, 0.6) is 0 Å². The summed E-state index contributed by atoms with van der Waals surface area (Å²) in [6.07, 6.45) is 4.93. The minimum atomic E-state index is -1.28. The van der Waals surface area contributed by atoms with Gasteiger partial charge in [-0.1, -0.05) is 54.6 Å². The Kier molecular flexibility index (Phi) is 6.48. The van der Waals surface area contributed by atoms with Crippen LogP contribution in [0.3, 0.4) is 0 Å². The maximum Gasteiger partial charge on any atom is 0.333 e. The summed E-state index contributed by atoms with van der Waals surface area (Å²) in [4.78, 5) is 16.1. The van der Waals surface area contributed by atoms with Crippen LogP contribution in [-0.4, -0.2) is 11.1 Å². The van der Waals surface area contributed by atoms with Crippen LogP contribution in [0.15, 0.2) is 107 Å². The molecule has 0 aliphatic heterocycles. The van der Waals surface area contributed by atoms with E-state index in [2.05, 4.69) is 46.1 Å². The Morgan fingerprint density at radius 3 is 1.85 bits per heavy atom. The largest absolute Gasteiger partial charge is 0.486 e. The molecule has 0 radical (unpaired) electrons. The monoisotopic (exact) mass is 432 g/mol. The van der Waals surface area contributed by atoms with Crippen molar-refractivity contribution < 1.29 is 14.3 Å². The molecule has 33 heavy (non-hydrogen) atoms. The number of hydrogen-bond acceptors (Lipinski definition) is 3. The molecule has 0 aliphatic rings. The minimum Gasteiger partial charge on any atom is -0.486 e. The van der Waals surface area contributed by atoms with E-state index in [9.17, 15) is 4.79 Å². The number of anilines is 3. The van der Waals surface area contributed by atoms with Gasteiger partial charge in [-0.2, -0.15) is 0 Å². The van der Waals surface area contributed by atoms with Gasteiger partial charge in [0.15, 0.2) is 0 Å². The molecule has 0 saturated heterocycles. The molecule has 5 heteroatoms. The van der Waals surface area contributed by atoms with Crippen molar-refractivity contribution >= 4 is 41.3 Å². The summed E-state index contributed by atoms with van der Waals surface area (Å²) in [6, 6.07) is 31.9. The van der Waals surface area contributed by atoms with Crippen LogP contribution >= 0.6 is 0 Å². The first-order chi connectivity index (χ1) is 16.1. The second kappa shape index (κ2) is 9.99. The minimum absolute atomic E-state index is 0.319. The first kappa shape index (κ1) is 21.4. The maximum absolute atomic E-state index is 11.0. The Labute approximate surface area is 192 Å². The second-order valence-corrected chi connectivity index (χ2v) is 7.12. The summed E-state index contributed by atoms with van der Waals surface area (Å²) in [5.74, 6) is -0.395. The number of benzene rings is 3. The van der Waals surface area contributed by atoms with Crippen molar-refractivity contribution in [2.75, 3.05) is 4.90 Å². The van der Waals surface area contributed by atoms with Gasteiger partial charge in [0.05, 0.1) is 6.57 Å². The highest BCUT2D eigenvalue weighted by Crippen LogP contribution is 2.34. The molecule has 4 aromatic rings. The number of nitrogens with zero attached hydrogens (tertiary/aromatic N) is 2. The molecule has 0 atom stereocenters. The van der Waals surface area contributed by atoms with Crippen molar-refractivity contribution in [3.63, 3.8) is 0 Å². The van der Waals surface area contributed by atoms with E-state index in [0.717, 1.165) is 22.6 Å². The average molecular weight is 432 g/mol.